The number of aromatic nitrogens is 1. The summed E-state index contributed by atoms with van der Waals surface area (Å²) in [5.41, 5.74) is 2.12. The molecule has 1 saturated heterocycles. The van der Waals surface area contributed by atoms with Gasteiger partial charge in [-0.25, -0.2) is 4.98 Å². The number of amides is 1. The largest absolute Gasteiger partial charge is 0.383 e. The molecule has 2 atom stereocenters. The maximum Gasteiger partial charge on any atom is 0.223 e. The molecule has 6 heteroatoms. The number of carbonyl (C=O) groups is 1. The first-order chi connectivity index (χ1) is 13.1. The predicted molar refractivity (Wildman–Crippen MR) is 110 cm³/mol. The van der Waals surface area contributed by atoms with Gasteiger partial charge in [-0.1, -0.05) is 30.3 Å². The highest BCUT2D eigenvalue weighted by Gasteiger charge is 2.31. The van der Waals surface area contributed by atoms with Gasteiger partial charge in [-0.2, -0.15) is 0 Å². The van der Waals surface area contributed by atoms with Crippen LogP contribution in [-0.2, 0) is 16.0 Å². The van der Waals surface area contributed by atoms with E-state index in [0.717, 1.165) is 42.5 Å². The molecule has 2 unspecified atom stereocenters. The number of methoxy groups -OCH3 is 1. The lowest BCUT2D eigenvalue weighted by atomic mass is 10.1. The van der Waals surface area contributed by atoms with Crippen molar-refractivity contribution in [3.05, 3.63) is 40.7 Å². The van der Waals surface area contributed by atoms with Crippen LogP contribution >= 0.6 is 11.3 Å². The normalized spacial score (nSPS) is 20.8. The molecule has 0 saturated carbocycles. The zero-order valence-corrected chi connectivity index (χ0v) is 17.2. The van der Waals surface area contributed by atoms with Crippen molar-refractivity contribution in [2.24, 2.45) is 0 Å². The second-order valence-corrected chi connectivity index (χ2v) is 8.16. The van der Waals surface area contributed by atoms with Crippen LogP contribution in [0.1, 0.15) is 25.3 Å². The van der Waals surface area contributed by atoms with E-state index < -0.39 is 0 Å². The minimum Gasteiger partial charge on any atom is -0.383 e. The van der Waals surface area contributed by atoms with Gasteiger partial charge in [0, 0.05) is 62.6 Å². The zero-order chi connectivity index (χ0) is 19.2. The Bertz CT molecular complexity index is 722. The first-order valence-corrected chi connectivity index (χ1v) is 10.5. The average Bonchev–Trinajstić information content (AvgIpc) is 3.15. The highest BCUT2D eigenvalue weighted by molar-refractivity contribution is 7.09. The third-order valence-corrected chi connectivity index (χ3v) is 6.09. The molecule has 0 N–H and O–H groups in total. The molecule has 0 aliphatic carbocycles. The van der Waals surface area contributed by atoms with E-state index in [-0.39, 0.29) is 5.91 Å². The maximum absolute atomic E-state index is 12.7. The molecule has 2 aromatic rings. The Labute approximate surface area is 166 Å². The van der Waals surface area contributed by atoms with Gasteiger partial charge in [-0.05, 0) is 13.8 Å². The second kappa shape index (κ2) is 9.44. The first kappa shape index (κ1) is 20.0. The maximum atomic E-state index is 12.7. The SMILES string of the molecule is COCCN1C(C)CN(C(=O)CCc2nc(-c3ccccc3)cs2)CC1C. The number of carbonyl (C=O) groups excluding carboxylic acids is 1. The summed E-state index contributed by atoms with van der Waals surface area (Å²) in [6, 6.07) is 10.9. The minimum atomic E-state index is 0.233. The molecular weight excluding hydrogens is 358 g/mol. The van der Waals surface area contributed by atoms with Crippen LogP contribution in [0.4, 0.5) is 0 Å². The van der Waals surface area contributed by atoms with E-state index in [1.165, 1.54) is 0 Å². The number of hydrogen-bond acceptors (Lipinski definition) is 5. The molecule has 27 heavy (non-hydrogen) atoms. The number of piperazine rings is 1. The molecule has 1 amide bonds. The van der Waals surface area contributed by atoms with Gasteiger partial charge in [0.25, 0.3) is 0 Å². The van der Waals surface area contributed by atoms with E-state index in [9.17, 15) is 4.79 Å². The molecule has 5 nitrogen and oxygen atoms in total. The molecule has 1 fully saturated rings. The summed E-state index contributed by atoms with van der Waals surface area (Å²) in [4.78, 5) is 21.9. The lowest BCUT2D eigenvalue weighted by molar-refractivity contribution is -0.135. The molecule has 2 heterocycles. The average molecular weight is 388 g/mol. The Hall–Kier alpha value is -1.76. The Morgan fingerprint density at radius 3 is 2.59 bits per heavy atom. The van der Waals surface area contributed by atoms with Crippen LogP contribution < -0.4 is 0 Å². The fourth-order valence-corrected chi connectivity index (χ4v) is 4.54. The van der Waals surface area contributed by atoms with Gasteiger partial charge in [0.05, 0.1) is 17.3 Å². The standard InChI is InChI=1S/C21H29N3O2S/c1-16-13-23(14-17(2)24(16)11-12-26-3)21(25)10-9-20-22-19(15-27-20)18-7-5-4-6-8-18/h4-8,15-17H,9-14H2,1-3H3. The molecule has 1 aromatic carbocycles. The fraction of sp³-hybridized carbons (Fsp3) is 0.524. The minimum absolute atomic E-state index is 0.233. The highest BCUT2D eigenvalue weighted by Crippen LogP contribution is 2.23. The van der Waals surface area contributed by atoms with Crippen LogP contribution in [-0.4, -0.2) is 66.1 Å². The summed E-state index contributed by atoms with van der Waals surface area (Å²) in [6.45, 7) is 7.62. The van der Waals surface area contributed by atoms with Crippen molar-refractivity contribution >= 4 is 17.2 Å². The quantitative estimate of drug-likeness (QED) is 0.731. The Morgan fingerprint density at radius 2 is 1.93 bits per heavy atom. The molecular formula is C21H29N3O2S. The van der Waals surface area contributed by atoms with Crippen LogP contribution in [0.2, 0.25) is 0 Å². The third-order valence-electron chi connectivity index (χ3n) is 5.18. The summed E-state index contributed by atoms with van der Waals surface area (Å²) in [7, 11) is 1.73. The lowest BCUT2D eigenvalue weighted by Gasteiger charge is -2.44. The van der Waals surface area contributed by atoms with E-state index >= 15 is 0 Å². The monoisotopic (exact) mass is 387 g/mol. The third kappa shape index (κ3) is 5.15. The number of benzene rings is 1. The Kier molecular flexibility index (Phi) is 6.99. The van der Waals surface area contributed by atoms with Crippen molar-refractivity contribution in [3.8, 4) is 11.3 Å². The lowest BCUT2D eigenvalue weighted by Crippen LogP contribution is -2.58. The number of nitrogens with zero attached hydrogens (tertiary/aromatic N) is 3. The van der Waals surface area contributed by atoms with Crippen molar-refractivity contribution < 1.29 is 9.53 Å². The smallest absolute Gasteiger partial charge is 0.223 e. The van der Waals surface area contributed by atoms with Gasteiger partial charge >= 0.3 is 0 Å². The predicted octanol–water partition coefficient (Wildman–Crippen LogP) is 3.31. The summed E-state index contributed by atoms with van der Waals surface area (Å²) >= 11 is 1.64. The van der Waals surface area contributed by atoms with Gasteiger partial charge < -0.3 is 9.64 Å². The number of ether oxygens (including phenoxy) is 1. The van der Waals surface area contributed by atoms with Gasteiger partial charge in [0.1, 0.15) is 0 Å². The number of hydrogen-bond donors (Lipinski definition) is 0. The summed E-state index contributed by atoms with van der Waals surface area (Å²) in [5.74, 6) is 0.233. The molecule has 1 aromatic heterocycles. The number of aryl methyl sites for hydroxylation is 1. The van der Waals surface area contributed by atoms with Gasteiger partial charge in [-0.15, -0.1) is 11.3 Å². The first-order valence-electron chi connectivity index (χ1n) is 9.60. The molecule has 1 aliphatic heterocycles. The van der Waals surface area contributed by atoms with E-state index in [1.807, 2.05) is 23.1 Å². The van der Waals surface area contributed by atoms with Crippen molar-refractivity contribution in [3.63, 3.8) is 0 Å². The van der Waals surface area contributed by atoms with E-state index in [2.05, 4.69) is 36.3 Å². The van der Waals surface area contributed by atoms with Crippen molar-refractivity contribution in [2.75, 3.05) is 33.4 Å². The second-order valence-electron chi connectivity index (χ2n) is 7.22. The molecule has 0 spiro atoms. The van der Waals surface area contributed by atoms with Crippen LogP contribution in [0.15, 0.2) is 35.7 Å². The van der Waals surface area contributed by atoms with Crippen LogP contribution in [0.3, 0.4) is 0 Å². The topological polar surface area (TPSA) is 45.7 Å². The van der Waals surface area contributed by atoms with E-state index in [1.54, 1.807) is 18.4 Å². The Balaban J connectivity index is 1.52. The molecule has 0 bridgehead atoms. The highest BCUT2D eigenvalue weighted by atomic mass is 32.1. The van der Waals surface area contributed by atoms with Crippen molar-refractivity contribution in [1.82, 2.24) is 14.8 Å². The zero-order valence-electron chi connectivity index (χ0n) is 16.4. The molecule has 3 rings (SSSR count). The molecule has 0 radical (unpaired) electrons. The van der Waals surface area contributed by atoms with E-state index in [4.69, 9.17) is 9.72 Å². The van der Waals surface area contributed by atoms with E-state index in [0.29, 0.717) is 24.9 Å². The molecule has 146 valence electrons. The van der Waals surface area contributed by atoms with Gasteiger partial charge in [-0.3, -0.25) is 9.69 Å². The van der Waals surface area contributed by atoms with Crippen molar-refractivity contribution in [1.29, 1.82) is 0 Å². The Morgan fingerprint density at radius 1 is 1.22 bits per heavy atom. The van der Waals surface area contributed by atoms with Gasteiger partial charge in [0.15, 0.2) is 0 Å². The summed E-state index contributed by atoms with van der Waals surface area (Å²) in [5, 5.41) is 3.11. The summed E-state index contributed by atoms with van der Waals surface area (Å²) in [6.07, 6.45) is 1.24. The van der Waals surface area contributed by atoms with Crippen LogP contribution in [0, 0.1) is 0 Å². The fourth-order valence-electron chi connectivity index (χ4n) is 3.74. The molecule has 1 aliphatic rings. The number of rotatable bonds is 7. The number of thiazole rings is 1. The van der Waals surface area contributed by atoms with Crippen LogP contribution in [0.25, 0.3) is 11.3 Å². The van der Waals surface area contributed by atoms with Crippen molar-refractivity contribution in [2.45, 2.75) is 38.8 Å². The summed E-state index contributed by atoms with van der Waals surface area (Å²) < 4.78 is 5.21. The van der Waals surface area contributed by atoms with Gasteiger partial charge in [0.2, 0.25) is 5.91 Å². The van der Waals surface area contributed by atoms with Crippen LogP contribution in [0.5, 0.6) is 0 Å².